The number of halogens is 3. The number of aryl methyl sites for hydroxylation is 1. The molecule has 0 aliphatic heterocycles. The van der Waals surface area contributed by atoms with Crippen LogP contribution in [0.1, 0.15) is 16.8 Å². The Morgan fingerprint density at radius 3 is 2.36 bits per heavy atom. The van der Waals surface area contributed by atoms with Crippen molar-refractivity contribution in [1.29, 1.82) is 0 Å². The zero-order valence-corrected chi connectivity index (χ0v) is 15.4. The summed E-state index contributed by atoms with van der Waals surface area (Å²) in [5.74, 6) is 1.60. The van der Waals surface area contributed by atoms with Crippen LogP contribution in [0, 0.1) is 13.8 Å². The number of anilines is 2. The average molecular weight is 388 g/mol. The number of aromatic nitrogens is 4. The highest BCUT2D eigenvalue weighted by Gasteiger charge is 2.30. The van der Waals surface area contributed by atoms with Gasteiger partial charge in [0.25, 0.3) is 0 Å². The lowest BCUT2D eigenvalue weighted by molar-refractivity contribution is -0.137. The van der Waals surface area contributed by atoms with E-state index >= 15 is 0 Å². The Morgan fingerprint density at radius 2 is 1.71 bits per heavy atom. The van der Waals surface area contributed by atoms with Crippen LogP contribution in [0.25, 0.3) is 11.5 Å². The Balaban J connectivity index is 1.61. The number of alkyl halides is 3. The summed E-state index contributed by atoms with van der Waals surface area (Å²) < 4.78 is 37.7. The summed E-state index contributed by atoms with van der Waals surface area (Å²) in [6.07, 6.45) is -1.89. The lowest BCUT2D eigenvalue weighted by Gasteiger charge is -2.13. The van der Waals surface area contributed by atoms with Gasteiger partial charge in [-0.15, -0.1) is 0 Å². The zero-order valence-electron chi connectivity index (χ0n) is 15.4. The van der Waals surface area contributed by atoms with Crippen LogP contribution in [0.4, 0.5) is 24.8 Å². The molecule has 0 atom stereocenters. The molecule has 3 heterocycles. The van der Waals surface area contributed by atoms with Gasteiger partial charge in [-0.1, -0.05) is 6.07 Å². The van der Waals surface area contributed by atoms with E-state index in [4.69, 9.17) is 0 Å². The van der Waals surface area contributed by atoms with Crippen LogP contribution in [-0.4, -0.2) is 33.0 Å². The van der Waals surface area contributed by atoms with E-state index in [9.17, 15) is 13.2 Å². The van der Waals surface area contributed by atoms with Gasteiger partial charge in [-0.25, -0.2) is 15.0 Å². The maximum atomic E-state index is 12.6. The molecular formula is C19H19F3N6. The van der Waals surface area contributed by atoms with Crippen LogP contribution < -0.4 is 10.6 Å². The Labute approximate surface area is 160 Å². The van der Waals surface area contributed by atoms with E-state index in [2.05, 4.69) is 30.6 Å². The van der Waals surface area contributed by atoms with Gasteiger partial charge in [-0.2, -0.15) is 13.2 Å². The molecule has 0 saturated heterocycles. The first kappa shape index (κ1) is 19.5. The van der Waals surface area contributed by atoms with Crippen molar-refractivity contribution in [3.63, 3.8) is 0 Å². The molecule has 2 N–H and O–H groups in total. The largest absolute Gasteiger partial charge is 0.417 e. The third kappa shape index (κ3) is 4.73. The smallest absolute Gasteiger partial charge is 0.368 e. The van der Waals surface area contributed by atoms with Crippen LogP contribution >= 0.6 is 0 Å². The van der Waals surface area contributed by atoms with Crippen LogP contribution in [0.2, 0.25) is 0 Å². The fraction of sp³-hybridized carbons (Fsp3) is 0.263. The third-order valence-electron chi connectivity index (χ3n) is 4.10. The molecule has 0 unspecified atom stereocenters. The predicted molar refractivity (Wildman–Crippen MR) is 101 cm³/mol. The van der Waals surface area contributed by atoms with Crippen molar-refractivity contribution in [2.45, 2.75) is 20.0 Å². The number of rotatable bonds is 6. The van der Waals surface area contributed by atoms with Crippen LogP contribution in [0.15, 0.2) is 42.7 Å². The van der Waals surface area contributed by atoms with Crippen molar-refractivity contribution in [3.05, 3.63) is 59.5 Å². The molecule has 0 bridgehead atoms. The molecule has 0 fully saturated rings. The summed E-state index contributed by atoms with van der Waals surface area (Å²) in [7, 11) is 0. The molecule has 3 rings (SSSR count). The van der Waals surface area contributed by atoms with Gasteiger partial charge in [0.1, 0.15) is 17.3 Å². The first-order valence-electron chi connectivity index (χ1n) is 8.62. The molecule has 9 heteroatoms. The highest BCUT2D eigenvalue weighted by molar-refractivity contribution is 5.56. The topological polar surface area (TPSA) is 75.6 Å². The predicted octanol–water partition coefficient (Wildman–Crippen LogP) is 4.09. The molecule has 28 heavy (non-hydrogen) atoms. The maximum Gasteiger partial charge on any atom is 0.417 e. The SMILES string of the molecule is Cc1nc(-c2ccccn2)nc(NCCNc2ccc(C(F)(F)F)cn2)c1C. The number of nitrogens with zero attached hydrogens (tertiary/aromatic N) is 4. The maximum absolute atomic E-state index is 12.6. The molecule has 0 spiro atoms. The zero-order chi connectivity index (χ0) is 20.1. The minimum absolute atomic E-state index is 0.375. The molecule has 0 aliphatic carbocycles. The van der Waals surface area contributed by atoms with Gasteiger partial charge in [-0.3, -0.25) is 4.98 Å². The second kappa shape index (κ2) is 8.20. The molecule has 0 saturated carbocycles. The summed E-state index contributed by atoms with van der Waals surface area (Å²) in [5, 5.41) is 6.20. The van der Waals surface area contributed by atoms with Gasteiger partial charge < -0.3 is 10.6 Å². The molecular weight excluding hydrogens is 369 g/mol. The van der Waals surface area contributed by atoms with Crippen molar-refractivity contribution in [1.82, 2.24) is 19.9 Å². The van der Waals surface area contributed by atoms with E-state index in [0.717, 1.165) is 23.5 Å². The Morgan fingerprint density at radius 1 is 0.929 bits per heavy atom. The van der Waals surface area contributed by atoms with E-state index in [-0.39, 0.29) is 0 Å². The minimum atomic E-state index is -4.39. The monoisotopic (exact) mass is 388 g/mol. The highest BCUT2D eigenvalue weighted by Crippen LogP contribution is 2.28. The summed E-state index contributed by atoms with van der Waals surface area (Å²) in [5.41, 5.74) is 1.67. The minimum Gasteiger partial charge on any atom is -0.368 e. The second-order valence-electron chi connectivity index (χ2n) is 6.10. The van der Waals surface area contributed by atoms with Crippen molar-refractivity contribution in [2.24, 2.45) is 0 Å². The summed E-state index contributed by atoms with van der Waals surface area (Å²) in [6.45, 7) is 4.78. The first-order valence-corrected chi connectivity index (χ1v) is 8.62. The lowest BCUT2D eigenvalue weighted by atomic mass is 10.2. The fourth-order valence-electron chi connectivity index (χ4n) is 2.45. The van der Waals surface area contributed by atoms with Crippen molar-refractivity contribution in [2.75, 3.05) is 23.7 Å². The van der Waals surface area contributed by atoms with Crippen molar-refractivity contribution < 1.29 is 13.2 Å². The lowest BCUT2D eigenvalue weighted by Crippen LogP contribution is -2.16. The van der Waals surface area contributed by atoms with Gasteiger partial charge in [-0.05, 0) is 38.1 Å². The molecule has 0 aromatic carbocycles. The molecule has 146 valence electrons. The highest BCUT2D eigenvalue weighted by atomic mass is 19.4. The van der Waals surface area contributed by atoms with Crippen LogP contribution in [-0.2, 0) is 6.18 Å². The third-order valence-corrected chi connectivity index (χ3v) is 4.10. The number of nitrogens with one attached hydrogen (secondary N) is 2. The Hall–Kier alpha value is -3.23. The van der Waals surface area contributed by atoms with E-state index in [0.29, 0.717) is 36.2 Å². The van der Waals surface area contributed by atoms with Gasteiger partial charge in [0, 0.05) is 36.7 Å². The van der Waals surface area contributed by atoms with E-state index in [1.165, 1.54) is 6.07 Å². The van der Waals surface area contributed by atoms with Crippen LogP contribution in [0.5, 0.6) is 0 Å². The fourth-order valence-corrected chi connectivity index (χ4v) is 2.45. The van der Waals surface area contributed by atoms with Crippen molar-refractivity contribution in [3.8, 4) is 11.5 Å². The summed E-state index contributed by atoms with van der Waals surface area (Å²) >= 11 is 0. The Bertz CT molecular complexity index is 927. The molecule has 3 aromatic heterocycles. The number of hydrogen-bond acceptors (Lipinski definition) is 6. The van der Waals surface area contributed by atoms with Gasteiger partial charge in [0.15, 0.2) is 5.82 Å². The quantitative estimate of drug-likeness (QED) is 0.620. The molecule has 6 nitrogen and oxygen atoms in total. The van der Waals surface area contributed by atoms with Gasteiger partial charge in [0.2, 0.25) is 0 Å². The second-order valence-corrected chi connectivity index (χ2v) is 6.10. The average Bonchev–Trinajstić information content (AvgIpc) is 2.68. The normalized spacial score (nSPS) is 11.3. The number of hydrogen-bond donors (Lipinski definition) is 2. The molecule has 0 aliphatic rings. The van der Waals surface area contributed by atoms with E-state index < -0.39 is 11.7 Å². The van der Waals surface area contributed by atoms with Crippen LogP contribution in [0.3, 0.4) is 0 Å². The molecule has 0 radical (unpaired) electrons. The van der Waals surface area contributed by atoms with Crippen molar-refractivity contribution >= 4 is 11.6 Å². The Kier molecular flexibility index (Phi) is 5.72. The van der Waals surface area contributed by atoms with Gasteiger partial charge in [0.05, 0.1) is 5.56 Å². The summed E-state index contributed by atoms with van der Waals surface area (Å²) in [6, 6.07) is 7.84. The molecule has 0 amide bonds. The van der Waals surface area contributed by atoms with E-state index in [1.807, 2.05) is 32.0 Å². The van der Waals surface area contributed by atoms with Gasteiger partial charge >= 0.3 is 6.18 Å². The molecule has 3 aromatic rings. The standard InChI is InChI=1S/C19H19F3N6/c1-12-13(2)27-18(15-5-3-4-8-23-15)28-17(12)25-10-9-24-16-7-6-14(11-26-16)19(20,21)22/h3-8,11H,9-10H2,1-2H3,(H,24,26)(H,25,27,28). The first-order chi connectivity index (χ1) is 13.3. The van der Waals surface area contributed by atoms with E-state index in [1.54, 1.807) is 6.20 Å². The number of pyridine rings is 2. The summed E-state index contributed by atoms with van der Waals surface area (Å²) in [4.78, 5) is 17.1.